The van der Waals surface area contributed by atoms with Gasteiger partial charge in [0.2, 0.25) is 17.7 Å². The summed E-state index contributed by atoms with van der Waals surface area (Å²) in [7, 11) is 0. The van der Waals surface area contributed by atoms with Crippen LogP contribution in [0.5, 0.6) is 5.75 Å². The van der Waals surface area contributed by atoms with Gasteiger partial charge in [-0.25, -0.2) is 0 Å². The molecule has 0 unspecified atom stereocenters. The number of amides is 4. The number of nitrogens with zero attached hydrogens (tertiary/aromatic N) is 1. The molecule has 3 atom stereocenters. The van der Waals surface area contributed by atoms with E-state index >= 15 is 0 Å². The van der Waals surface area contributed by atoms with Crippen molar-refractivity contribution in [2.75, 3.05) is 13.1 Å². The van der Waals surface area contributed by atoms with Gasteiger partial charge in [0.25, 0.3) is 5.91 Å². The molecule has 3 aromatic carbocycles. The fraction of sp³-hybridized carbons (Fsp3) is 0.343. The highest BCUT2D eigenvalue weighted by atomic mass is 19.4. The second-order valence-corrected chi connectivity index (χ2v) is 11.6. The molecule has 0 heterocycles. The summed E-state index contributed by atoms with van der Waals surface area (Å²) in [6.07, 6.45) is -3.81. The van der Waals surface area contributed by atoms with E-state index in [1.807, 2.05) is 30.3 Å². The third-order valence-corrected chi connectivity index (χ3v) is 7.66. The topological polar surface area (TPSA) is 230 Å². The van der Waals surface area contributed by atoms with E-state index < -0.39 is 59.1 Å². The number of alkyl halides is 3. The average Bonchev–Trinajstić information content (AvgIpc) is 3.10. The van der Waals surface area contributed by atoms with E-state index in [2.05, 4.69) is 20.9 Å². The van der Waals surface area contributed by atoms with Gasteiger partial charge in [0, 0.05) is 6.54 Å². The second-order valence-electron chi connectivity index (χ2n) is 11.6. The van der Waals surface area contributed by atoms with Crippen LogP contribution in [0, 0.1) is 0 Å². The van der Waals surface area contributed by atoms with Crippen molar-refractivity contribution in [3.63, 3.8) is 0 Å². The average molecular weight is 713 g/mol. The summed E-state index contributed by atoms with van der Waals surface area (Å²) in [5.41, 5.74) is 21.4. The number of ether oxygens (including phenoxy) is 1. The third kappa shape index (κ3) is 13.0. The summed E-state index contributed by atoms with van der Waals surface area (Å²) in [5.74, 6) is -3.35. The molecule has 16 heteroatoms. The molecular weight excluding hydrogens is 669 g/mol. The number of benzene rings is 3. The molecule has 0 aliphatic heterocycles. The molecule has 0 radical (unpaired) electrons. The minimum atomic E-state index is -4.84. The van der Waals surface area contributed by atoms with Gasteiger partial charge in [-0.2, -0.15) is 13.2 Å². The maximum absolute atomic E-state index is 13.6. The van der Waals surface area contributed by atoms with Gasteiger partial charge in [0.1, 0.15) is 30.5 Å². The van der Waals surface area contributed by atoms with Crippen molar-refractivity contribution < 1.29 is 37.1 Å². The highest BCUT2D eigenvalue weighted by Gasteiger charge is 2.36. The van der Waals surface area contributed by atoms with Crippen LogP contribution in [0.15, 0.2) is 83.9 Å². The van der Waals surface area contributed by atoms with Crippen molar-refractivity contribution in [1.29, 1.82) is 0 Å². The molecular formula is C35H43F3N8O5. The molecule has 3 aromatic rings. The molecule has 0 aliphatic carbocycles. The highest BCUT2D eigenvalue weighted by molar-refractivity contribution is 5.99. The number of aliphatic imine (C=N–C) groups is 1. The van der Waals surface area contributed by atoms with Crippen LogP contribution < -0.4 is 43.6 Å². The SMILES string of the molecule is NCCCC[C@H](NC(=O)[C@H](CCCN=C(N)N)NC(=O)c1ccccc1C(F)(F)F)C(=O)N[C@@H](C(N)=O)c1ccc(OCc2ccccc2)cc1. The number of nitrogens with two attached hydrogens (primary N) is 4. The molecule has 4 amide bonds. The van der Waals surface area contributed by atoms with Gasteiger partial charge in [-0.3, -0.25) is 24.2 Å². The minimum Gasteiger partial charge on any atom is -0.489 e. The van der Waals surface area contributed by atoms with Crippen LogP contribution in [0.2, 0.25) is 0 Å². The number of nitrogens with one attached hydrogen (secondary N) is 3. The molecule has 274 valence electrons. The smallest absolute Gasteiger partial charge is 0.417 e. The molecule has 3 rings (SSSR count). The second kappa shape index (κ2) is 19.5. The maximum atomic E-state index is 13.6. The summed E-state index contributed by atoms with van der Waals surface area (Å²) in [5, 5.41) is 7.51. The Balaban J connectivity index is 1.79. The number of guanidine groups is 1. The summed E-state index contributed by atoms with van der Waals surface area (Å²) in [6, 6.07) is 16.1. The number of hydrogen-bond donors (Lipinski definition) is 7. The number of unbranched alkanes of at least 4 members (excludes halogenated alkanes) is 1. The lowest BCUT2D eigenvalue weighted by Gasteiger charge is -2.25. The minimum absolute atomic E-state index is 0.0535. The van der Waals surface area contributed by atoms with Crippen LogP contribution in [-0.2, 0) is 27.2 Å². The van der Waals surface area contributed by atoms with Gasteiger partial charge in [0.05, 0.1) is 11.1 Å². The van der Waals surface area contributed by atoms with Crippen LogP contribution >= 0.6 is 0 Å². The van der Waals surface area contributed by atoms with Gasteiger partial charge >= 0.3 is 6.18 Å². The number of halogens is 3. The lowest BCUT2D eigenvalue weighted by atomic mass is 10.0. The van der Waals surface area contributed by atoms with Crippen LogP contribution in [0.1, 0.15) is 65.2 Å². The molecule has 0 saturated heterocycles. The van der Waals surface area contributed by atoms with Gasteiger partial charge in [0.15, 0.2) is 5.96 Å². The van der Waals surface area contributed by atoms with E-state index in [0.717, 1.165) is 23.8 Å². The van der Waals surface area contributed by atoms with Crippen LogP contribution in [0.3, 0.4) is 0 Å². The quantitative estimate of drug-likeness (QED) is 0.0553. The van der Waals surface area contributed by atoms with Crippen molar-refractivity contribution in [3.8, 4) is 5.75 Å². The van der Waals surface area contributed by atoms with Crippen LogP contribution in [0.25, 0.3) is 0 Å². The number of carbonyl (C=O) groups excluding carboxylic acids is 4. The zero-order chi connectivity index (χ0) is 37.4. The summed E-state index contributed by atoms with van der Waals surface area (Å²) in [6.45, 7) is 0.663. The molecule has 0 fully saturated rings. The first-order valence-electron chi connectivity index (χ1n) is 16.2. The monoisotopic (exact) mass is 712 g/mol. The van der Waals surface area contributed by atoms with Crippen molar-refractivity contribution in [2.45, 2.75) is 63.0 Å². The standard InChI is InChI=1S/C35H43F3N8O5/c36-35(37,38)26-12-5-4-11-25(26)31(48)44-28(14-8-20-43-34(41)42)32(49)45-27(13-6-7-19-39)33(50)46-29(30(40)47)23-15-17-24(18-16-23)51-21-22-9-2-1-3-10-22/h1-5,9-12,15-18,27-29H,6-8,13-14,19-21,39H2,(H2,40,47)(H,44,48)(H,45,49)(H,46,50)(H4,41,42,43)/t27-,28-,29+/m0/s1. The predicted octanol–water partition coefficient (Wildman–Crippen LogP) is 2.39. The van der Waals surface area contributed by atoms with Gasteiger partial charge in [-0.1, -0.05) is 54.6 Å². The number of hydrogen-bond acceptors (Lipinski definition) is 7. The summed E-state index contributed by atoms with van der Waals surface area (Å²) < 4.78 is 46.7. The first-order valence-corrected chi connectivity index (χ1v) is 16.2. The van der Waals surface area contributed by atoms with Crippen molar-refractivity contribution >= 4 is 29.6 Å². The largest absolute Gasteiger partial charge is 0.489 e. The number of carbonyl (C=O) groups is 4. The maximum Gasteiger partial charge on any atom is 0.417 e. The van der Waals surface area contributed by atoms with E-state index in [9.17, 15) is 32.3 Å². The number of rotatable bonds is 19. The van der Waals surface area contributed by atoms with Gasteiger partial charge < -0.3 is 43.6 Å². The van der Waals surface area contributed by atoms with Crippen LogP contribution in [0.4, 0.5) is 13.2 Å². The summed E-state index contributed by atoms with van der Waals surface area (Å²) in [4.78, 5) is 56.7. The Labute approximate surface area is 293 Å². The van der Waals surface area contributed by atoms with E-state index in [4.69, 9.17) is 27.7 Å². The third-order valence-electron chi connectivity index (χ3n) is 7.66. The van der Waals surface area contributed by atoms with Crippen molar-refractivity contribution in [2.24, 2.45) is 27.9 Å². The molecule has 0 spiro atoms. The number of primary amides is 1. The predicted molar refractivity (Wildman–Crippen MR) is 185 cm³/mol. The van der Waals surface area contributed by atoms with Crippen molar-refractivity contribution in [1.82, 2.24) is 16.0 Å². The first-order chi connectivity index (χ1) is 24.3. The fourth-order valence-electron chi connectivity index (χ4n) is 5.03. The fourth-order valence-corrected chi connectivity index (χ4v) is 5.03. The zero-order valence-corrected chi connectivity index (χ0v) is 27.8. The van der Waals surface area contributed by atoms with Gasteiger partial charge in [-0.05, 0) is 74.0 Å². The zero-order valence-electron chi connectivity index (χ0n) is 27.8. The Bertz CT molecular complexity index is 1630. The first kappa shape index (κ1) is 39.8. The molecule has 0 aliphatic rings. The Morgan fingerprint density at radius 3 is 1.98 bits per heavy atom. The lowest BCUT2D eigenvalue weighted by molar-refractivity contribution is -0.138. The Morgan fingerprint density at radius 2 is 1.35 bits per heavy atom. The Hall–Kier alpha value is -5.64. The molecule has 0 saturated carbocycles. The molecule has 51 heavy (non-hydrogen) atoms. The highest BCUT2D eigenvalue weighted by Crippen LogP contribution is 2.32. The molecule has 13 nitrogen and oxygen atoms in total. The lowest BCUT2D eigenvalue weighted by Crippen LogP contribution is -2.55. The molecule has 11 N–H and O–H groups in total. The molecule has 0 bridgehead atoms. The van der Waals surface area contributed by atoms with Gasteiger partial charge in [-0.15, -0.1) is 0 Å². The molecule has 0 aromatic heterocycles. The van der Waals surface area contributed by atoms with Crippen LogP contribution in [-0.4, -0.2) is 54.8 Å². The summed E-state index contributed by atoms with van der Waals surface area (Å²) >= 11 is 0. The normalized spacial score (nSPS) is 12.9. The van der Waals surface area contributed by atoms with E-state index in [1.54, 1.807) is 24.3 Å². The van der Waals surface area contributed by atoms with Crippen molar-refractivity contribution in [3.05, 3.63) is 101 Å². The Morgan fingerprint density at radius 1 is 0.745 bits per heavy atom. The van der Waals surface area contributed by atoms with E-state index in [0.29, 0.717) is 37.3 Å². The Kier molecular flexibility index (Phi) is 15.2. The van der Waals surface area contributed by atoms with E-state index in [-0.39, 0.29) is 31.8 Å². The van der Waals surface area contributed by atoms with E-state index in [1.165, 1.54) is 6.07 Å².